The average Bonchev–Trinajstić information content (AvgIpc) is 2.19. The van der Waals surface area contributed by atoms with E-state index in [1.807, 2.05) is 24.3 Å². The number of para-hydroxylation sites is 1. The van der Waals surface area contributed by atoms with Gasteiger partial charge in [0.25, 0.3) is 0 Å². The Bertz CT molecular complexity index is 244. The molecule has 1 rings (SSSR count). The highest BCUT2D eigenvalue weighted by molar-refractivity contribution is 5.46. The van der Waals surface area contributed by atoms with Crippen molar-refractivity contribution in [2.24, 2.45) is 5.73 Å². The first kappa shape index (κ1) is 9.81. The van der Waals surface area contributed by atoms with Crippen molar-refractivity contribution < 1.29 is 0 Å². The summed E-state index contributed by atoms with van der Waals surface area (Å²) in [5.41, 5.74) is 6.72. The van der Waals surface area contributed by atoms with Gasteiger partial charge in [-0.15, -0.1) is 6.58 Å². The van der Waals surface area contributed by atoms with Crippen molar-refractivity contribution in [3.63, 3.8) is 0 Å². The molecule has 0 aliphatic carbocycles. The molecule has 2 nitrogen and oxygen atoms in total. The summed E-state index contributed by atoms with van der Waals surface area (Å²) in [6.45, 7) is 6.11. The minimum atomic E-state index is 0.669. The summed E-state index contributed by atoms with van der Waals surface area (Å²) in [7, 11) is 0. The van der Waals surface area contributed by atoms with E-state index in [0.717, 1.165) is 13.1 Å². The lowest BCUT2D eigenvalue weighted by Gasteiger charge is -2.22. The van der Waals surface area contributed by atoms with Crippen molar-refractivity contribution in [1.82, 2.24) is 0 Å². The lowest BCUT2D eigenvalue weighted by molar-refractivity contribution is 0.845. The first-order chi connectivity index (χ1) is 6.38. The quantitative estimate of drug-likeness (QED) is 0.691. The van der Waals surface area contributed by atoms with Crippen LogP contribution in [-0.2, 0) is 0 Å². The highest BCUT2D eigenvalue weighted by Crippen LogP contribution is 2.11. The SMILES string of the molecule is C=CCN(CCN)c1ccccc1. The Morgan fingerprint density at radius 1 is 1.31 bits per heavy atom. The number of nitrogens with zero attached hydrogens (tertiary/aromatic N) is 1. The second-order valence-corrected chi connectivity index (χ2v) is 2.86. The third kappa shape index (κ3) is 2.92. The largest absolute Gasteiger partial charge is 0.367 e. The zero-order valence-corrected chi connectivity index (χ0v) is 7.82. The van der Waals surface area contributed by atoms with E-state index in [1.54, 1.807) is 0 Å². The van der Waals surface area contributed by atoms with E-state index in [0.29, 0.717) is 6.54 Å². The highest BCUT2D eigenvalue weighted by Gasteiger charge is 2.00. The second-order valence-electron chi connectivity index (χ2n) is 2.86. The van der Waals surface area contributed by atoms with Gasteiger partial charge in [0.05, 0.1) is 0 Å². The molecule has 70 valence electrons. The van der Waals surface area contributed by atoms with Crippen LogP contribution in [0, 0.1) is 0 Å². The molecule has 0 radical (unpaired) electrons. The molecule has 0 heterocycles. The minimum Gasteiger partial charge on any atom is -0.367 e. The van der Waals surface area contributed by atoms with Crippen molar-refractivity contribution >= 4 is 5.69 Å². The number of hydrogen-bond acceptors (Lipinski definition) is 2. The third-order valence-corrected chi connectivity index (χ3v) is 1.87. The summed E-state index contributed by atoms with van der Waals surface area (Å²) in [4.78, 5) is 2.20. The van der Waals surface area contributed by atoms with Crippen LogP contribution in [-0.4, -0.2) is 19.6 Å². The topological polar surface area (TPSA) is 29.3 Å². The van der Waals surface area contributed by atoms with E-state index in [4.69, 9.17) is 5.73 Å². The molecule has 1 aromatic carbocycles. The maximum atomic E-state index is 5.52. The number of benzene rings is 1. The van der Waals surface area contributed by atoms with Crippen LogP contribution in [0.25, 0.3) is 0 Å². The number of nitrogens with two attached hydrogens (primary N) is 1. The summed E-state index contributed by atoms with van der Waals surface area (Å²) in [5, 5.41) is 0. The molecule has 0 saturated carbocycles. The molecule has 0 aliphatic heterocycles. The van der Waals surface area contributed by atoms with Crippen LogP contribution in [0.1, 0.15) is 0 Å². The first-order valence-electron chi connectivity index (χ1n) is 4.49. The Labute approximate surface area is 79.7 Å². The molecular weight excluding hydrogens is 160 g/mol. The fourth-order valence-corrected chi connectivity index (χ4v) is 1.28. The monoisotopic (exact) mass is 176 g/mol. The fourth-order valence-electron chi connectivity index (χ4n) is 1.28. The molecule has 0 atom stereocenters. The van der Waals surface area contributed by atoms with E-state index in [-0.39, 0.29) is 0 Å². The number of rotatable bonds is 5. The van der Waals surface area contributed by atoms with Crippen molar-refractivity contribution in [2.75, 3.05) is 24.5 Å². The van der Waals surface area contributed by atoms with Crippen molar-refractivity contribution in [2.45, 2.75) is 0 Å². The van der Waals surface area contributed by atoms with Gasteiger partial charge in [-0.3, -0.25) is 0 Å². The van der Waals surface area contributed by atoms with Gasteiger partial charge in [-0.05, 0) is 12.1 Å². The fraction of sp³-hybridized carbons (Fsp3) is 0.273. The third-order valence-electron chi connectivity index (χ3n) is 1.87. The number of hydrogen-bond donors (Lipinski definition) is 1. The number of anilines is 1. The van der Waals surface area contributed by atoms with Crippen LogP contribution in [0.15, 0.2) is 43.0 Å². The molecule has 0 fully saturated rings. The molecule has 0 unspecified atom stereocenters. The van der Waals surface area contributed by atoms with E-state index in [2.05, 4.69) is 23.6 Å². The van der Waals surface area contributed by atoms with Gasteiger partial charge in [0.15, 0.2) is 0 Å². The Morgan fingerprint density at radius 2 is 2.00 bits per heavy atom. The summed E-state index contributed by atoms with van der Waals surface area (Å²) in [6, 6.07) is 10.2. The van der Waals surface area contributed by atoms with Crippen LogP contribution in [0.4, 0.5) is 5.69 Å². The van der Waals surface area contributed by atoms with Gasteiger partial charge in [-0.25, -0.2) is 0 Å². The zero-order valence-electron chi connectivity index (χ0n) is 7.82. The molecule has 0 amide bonds. The maximum Gasteiger partial charge on any atom is 0.0369 e. The van der Waals surface area contributed by atoms with Crippen molar-refractivity contribution in [1.29, 1.82) is 0 Å². The molecule has 2 N–H and O–H groups in total. The van der Waals surface area contributed by atoms with Gasteiger partial charge in [0.2, 0.25) is 0 Å². The summed E-state index contributed by atoms with van der Waals surface area (Å²) >= 11 is 0. The molecule has 0 saturated heterocycles. The van der Waals surface area contributed by atoms with Gasteiger partial charge in [0, 0.05) is 25.3 Å². The smallest absolute Gasteiger partial charge is 0.0369 e. The van der Waals surface area contributed by atoms with Gasteiger partial charge in [-0.1, -0.05) is 24.3 Å². The lowest BCUT2D eigenvalue weighted by atomic mass is 10.3. The van der Waals surface area contributed by atoms with Crippen LogP contribution in [0.3, 0.4) is 0 Å². The molecule has 0 aromatic heterocycles. The first-order valence-corrected chi connectivity index (χ1v) is 4.49. The second kappa shape index (κ2) is 5.38. The minimum absolute atomic E-state index is 0.669. The Kier molecular flexibility index (Phi) is 4.06. The Balaban J connectivity index is 2.69. The maximum absolute atomic E-state index is 5.52. The summed E-state index contributed by atoms with van der Waals surface area (Å²) in [5.74, 6) is 0. The van der Waals surface area contributed by atoms with Crippen LogP contribution < -0.4 is 10.6 Å². The average molecular weight is 176 g/mol. The Hall–Kier alpha value is -1.28. The van der Waals surface area contributed by atoms with Gasteiger partial charge in [0.1, 0.15) is 0 Å². The standard InChI is InChI=1S/C11H16N2/c1-2-9-13(10-8-12)11-6-4-3-5-7-11/h2-7H,1,8-10,12H2. The Morgan fingerprint density at radius 3 is 2.54 bits per heavy atom. The highest BCUT2D eigenvalue weighted by atomic mass is 15.1. The molecule has 0 bridgehead atoms. The van der Waals surface area contributed by atoms with E-state index in [1.165, 1.54) is 5.69 Å². The predicted molar refractivity (Wildman–Crippen MR) is 57.9 cm³/mol. The van der Waals surface area contributed by atoms with Crippen molar-refractivity contribution in [3.8, 4) is 0 Å². The molecular formula is C11H16N2. The van der Waals surface area contributed by atoms with E-state index >= 15 is 0 Å². The molecule has 2 heteroatoms. The zero-order chi connectivity index (χ0) is 9.52. The van der Waals surface area contributed by atoms with Crippen LogP contribution >= 0.6 is 0 Å². The molecule has 0 aliphatic rings. The van der Waals surface area contributed by atoms with Crippen LogP contribution in [0.5, 0.6) is 0 Å². The normalized spacial score (nSPS) is 9.62. The summed E-state index contributed by atoms with van der Waals surface area (Å²) < 4.78 is 0. The predicted octanol–water partition coefficient (Wildman–Crippen LogP) is 1.64. The van der Waals surface area contributed by atoms with Crippen LogP contribution in [0.2, 0.25) is 0 Å². The van der Waals surface area contributed by atoms with E-state index in [9.17, 15) is 0 Å². The van der Waals surface area contributed by atoms with Gasteiger partial charge < -0.3 is 10.6 Å². The summed E-state index contributed by atoms with van der Waals surface area (Å²) in [6.07, 6.45) is 1.89. The molecule has 1 aromatic rings. The molecule has 0 spiro atoms. The van der Waals surface area contributed by atoms with Gasteiger partial charge >= 0.3 is 0 Å². The van der Waals surface area contributed by atoms with Crippen molar-refractivity contribution in [3.05, 3.63) is 43.0 Å². The van der Waals surface area contributed by atoms with Gasteiger partial charge in [-0.2, -0.15) is 0 Å². The lowest BCUT2D eigenvalue weighted by Crippen LogP contribution is -2.29. The van der Waals surface area contributed by atoms with E-state index < -0.39 is 0 Å². The molecule has 13 heavy (non-hydrogen) atoms.